The van der Waals surface area contributed by atoms with Crippen LogP contribution >= 0.6 is 15.9 Å². The molecule has 1 aliphatic heterocycles. The van der Waals surface area contributed by atoms with E-state index in [9.17, 15) is 9.90 Å². The largest absolute Gasteiger partial charge is 0.465 e. The maximum absolute atomic E-state index is 11.4. The second-order valence-electron chi connectivity index (χ2n) is 6.93. The number of alkyl halides is 1. The van der Waals surface area contributed by atoms with Gasteiger partial charge in [0.2, 0.25) is 0 Å². The smallest absolute Gasteiger partial charge is 0.408 e. The minimum absolute atomic E-state index is 0.103. The summed E-state index contributed by atoms with van der Waals surface area (Å²) in [6.07, 6.45) is 0.672. The molecule has 120 valence electrons. The number of likely N-dealkylation sites (tertiary alicyclic amines) is 1. The number of amides is 1. The number of rotatable bonds is 2. The van der Waals surface area contributed by atoms with Gasteiger partial charge in [0.05, 0.1) is 11.4 Å². The van der Waals surface area contributed by atoms with Crippen LogP contribution in [0.15, 0.2) is 0 Å². The molecule has 0 aromatic carbocycles. The lowest BCUT2D eigenvalue weighted by Crippen LogP contribution is -2.55. The van der Waals surface area contributed by atoms with Crippen molar-refractivity contribution >= 4 is 30.3 Å². The molecule has 0 aromatic rings. The van der Waals surface area contributed by atoms with Crippen LogP contribution in [0.4, 0.5) is 4.79 Å². The zero-order valence-corrected chi connectivity index (χ0v) is 16.2. The standard InChI is InChI=1S/C15H26BrNO3Si/c1-15(2,3)21(4,5)20-13-9-7-11-17(14(18)19)12(13)8-6-10-16/h12-13H,7,9-11H2,1-5H3,(H,18,19)/t12-,13+/m1/s1. The van der Waals surface area contributed by atoms with Gasteiger partial charge in [0, 0.05) is 6.54 Å². The normalized spacial score (nSPS) is 23.4. The Hall–Kier alpha value is -0.513. The third-order valence-electron chi connectivity index (χ3n) is 4.39. The van der Waals surface area contributed by atoms with Crippen molar-refractivity contribution in [3.63, 3.8) is 0 Å². The molecule has 0 bridgehead atoms. The van der Waals surface area contributed by atoms with E-state index in [-0.39, 0.29) is 17.2 Å². The number of nitrogens with zero attached hydrogens (tertiary/aromatic N) is 1. The Bertz CT molecular complexity index is 436. The minimum Gasteiger partial charge on any atom is -0.465 e. The predicted molar refractivity (Wildman–Crippen MR) is 91.4 cm³/mol. The number of carboxylic acid groups (broad SMARTS) is 1. The molecule has 0 aromatic heterocycles. The van der Waals surface area contributed by atoms with E-state index in [4.69, 9.17) is 4.43 Å². The summed E-state index contributed by atoms with van der Waals surface area (Å²) in [5.74, 6) is 6.03. The van der Waals surface area contributed by atoms with E-state index >= 15 is 0 Å². The molecule has 1 rings (SSSR count). The highest BCUT2D eigenvalue weighted by Gasteiger charge is 2.43. The van der Waals surface area contributed by atoms with Crippen molar-refractivity contribution in [1.82, 2.24) is 4.90 Å². The van der Waals surface area contributed by atoms with Crippen molar-refractivity contribution in [3.8, 4) is 11.8 Å². The van der Waals surface area contributed by atoms with Crippen LogP contribution in [0, 0.1) is 11.8 Å². The molecule has 1 saturated heterocycles. The summed E-state index contributed by atoms with van der Waals surface area (Å²) in [6.45, 7) is 11.5. The molecule has 6 heteroatoms. The number of piperidine rings is 1. The molecule has 1 aliphatic rings. The fraction of sp³-hybridized carbons (Fsp3) is 0.800. The second-order valence-corrected chi connectivity index (χ2v) is 12.3. The topological polar surface area (TPSA) is 49.8 Å². The SMILES string of the molecule is CC(C)(C)[Si](C)(C)O[C@H]1CCCN(C(=O)O)[C@@H]1C#CCBr. The average Bonchev–Trinajstić information content (AvgIpc) is 2.35. The van der Waals surface area contributed by atoms with Gasteiger partial charge in [-0.1, -0.05) is 48.5 Å². The highest BCUT2D eigenvalue weighted by molar-refractivity contribution is 9.09. The fourth-order valence-electron chi connectivity index (χ4n) is 2.17. The Balaban J connectivity index is 2.99. The molecule has 1 N–H and O–H groups in total. The molecule has 0 unspecified atom stereocenters. The van der Waals surface area contributed by atoms with E-state index in [1.54, 1.807) is 0 Å². The average molecular weight is 376 g/mol. The van der Waals surface area contributed by atoms with Gasteiger partial charge in [-0.05, 0) is 31.0 Å². The van der Waals surface area contributed by atoms with Crippen molar-refractivity contribution in [3.05, 3.63) is 0 Å². The molecular formula is C15H26BrNO3Si. The molecule has 1 heterocycles. The molecule has 21 heavy (non-hydrogen) atoms. The number of hydrogen-bond donors (Lipinski definition) is 1. The van der Waals surface area contributed by atoms with Crippen LogP contribution in [-0.2, 0) is 4.43 Å². The summed E-state index contributed by atoms with van der Waals surface area (Å²) in [7, 11) is -1.94. The van der Waals surface area contributed by atoms with Crippen molar-refractivity contribution < 1.29 is 14.3 Å². The maximum Gasteiger partial charge on any atom is 0.408 e. The minimum atomic E-state index is -1.94. The van der Waals surface area contributed by atoms with Gasteiger partial charge in [-0.15, -0.1) is 0 Å². The van der Waals surface area contributed by atoms with Crippen molar-refractivity contribution in [2.24, 2.45) is 0 Å². The molecule has 0 saturated carbocycles. The van der Waals surface area contributed by atoms with Gasteiger partial charge in [-0.25, -0.2) is 4.79 Å². The van der Waals surface area contributed by atoms with E-state index in [0.29, 0.717) is 11.9 Å². The van der Waals surface area contributed by atoms with E-state index in [1.165, 1.54) is 4.90 Å². The van der Waals surface area contributed by atoms with Gasteiger partial charge in [0.1, 0.15) is 6.04 Å². The van der Waals surface area contributed by atoms with E-state index in [0.717, 1.165) is 12.8 Å². The zero-order chi connectivity index (χ0) is 16.3. The van der Waals surface area contributed by atoms with Crippen molar-refractivity contribution in [2.45, 2.75) is 63.9 Å². The quantitative estimate of drug-likeness (QED) is 0.452. The summed E-state index contributed by atoms with van der Waals surface area (Å²) in [5, 5.41) is 10.0. The summed E-state index contributed by atoms with van der Waals surface area (Å²) in [6, 6.07) is -0.358. The van der Waals surface area contributed by atoms with Crippen LogP contribution in [0.5, 0.6) is 0 Å². The van der Waals surface area contributed by atoms with Crippen LogP contribution < -0.4 is 0 Å². The van der Waals surface area contributed by atoms with Gasteiger partial charge < -0.3 is 9.53 Å². The summed E-state index contributed by atoms with van der Waals surface area (Å²) in [5.41, 5.74) is 0. The lowest BCUT2D eigenvalue weighted by atomic mass is 10.00. The molecule has 1 amide bonds. The summed E-state index contributed by atoms with van der Waals surface area (Å²) in [4.78, 5) is 12.9. The molecule has 0 radical (unpaired) electrons. The number of halogens is 1. The third kappa shape index (κ3) is 4.73. The zero-order valence-electron chi connectivity index (χ0n) is 13.6. The Labute approximate surface area is 137 Å². The van der Waals surface area contributed by atoms with Gasteiger partial charge in [0.15, 0.2) is 8.32 Å². The molecular weight excluding hydrogens is 350 g/mol. The Kier molecular flexibility index (Phi) is 6.32. The summed E-state index contributed by atoms with van der Waals surface area (Å²) >= 11 is 3.27. The highest BCUT2D eigenvalue weighted by Crippen LogP contribution is 2.39. The van der Waals surface area contributed by atoms with Crippen LogP contribution in [0.2, 0.25) is 18.1 Å². The van der Waals surface area contributed by atoms with Crippen LogP contribution in [0.1, 0.15) is 33.6 Å². The van der Waals surface area contributed by atoms with E-state index in [1.807, 2.05) is 0 Å². The second kappa shape index (κ2) is 7.17. The molecule has 0 aliphatic carbocycles. The first-order chi connectivity index (χ1) is 9.60. The van der Waals surface area contributed by atoms with E-state index < -0.39 is 14.4 Å². The Morgan fingerprint density at radius 2 is 2.10 bits per heavy atom. The Morgan fingerprint density at radius 3 is 2.57 bits per heavy atom. The fourth-order valence-corrected chi connectivity index (χ4v) is 3.69. The third-order valence-corrected chi connectivity index (χ3v) is 9.17. The van der Waals surface area contributed by atoms with Crippen molar-refractivity contribution in [2.75, 3.05) is 11.9 Å². The number of carbonyl (C=O) groups is 1. The van der Waals surface area contributed by atoms with Crippen LogP contribution in [-0.4, -0.2) is 48.4 Å². The Morgan fingerprint density at radius 1 is 1.48 bits per heavy atom. The lowest BCUT2D eigenvalue weighted by molar-refractivity contribution is 0.0459. The molecule has 0 spiro atoms. The lowest BCUT2D eigenvalue weighted by Gasteiger charge is -2.44. The van der Waals surface area contributed by atoms with Crippen molar-refractivity contribution in [1.29, 1.82) is 0 Å². The monoisotopic (exact) mass is 375 g/mol. The maximum atomic E-state index is 11.4. The van der Waals surface area contributed by atoms with Crippen LogP contribution in [0.3, 0.4) is 0 Å². The highest BCUT2D eigenvalue weighted by atomic mass is 79.9. The van der Waals surface area contributed by atoms with Gasteiger partial charge in [-0.3, -0.25) is 4.90 Å². The van der Waals surface area contributed by atoms with Gasteiger partial charge in [0.25, 0.3) is 0 Å². The van der Waals surface area contributed by atoms with Gasteiger partial charge in [-0.2, -0.15) is 0 Å². The van der Waals surface area contributed by atoms with E-state index in [2.05, 4.69) is 61.6 Å². The predicted octanol–water partition coefficient (Wildman–Crippen LogP) is 3.92. The first-order valence-electron chi connectivity index (χ1n) is 7.32. The summed E-state index contributed by atoms with van der Waals surface area (Å²) < 4.78 is 6.45. The molecule has 4 nitrogen and oxygen atoms in total. The first-order valence-corrected chi connectivity index (χ1v) is 11.3. The molecule has 2 atom stereocenters. The number of hydrogen-bond acceptors (Lipinski definition) is 2. The van der Waals surface area contributed by atoms with Crippen LogP contribution in [0.25, 0.3) is 0 Å². The first kappa shape index (κ1) is 18.5. The van der Waals surface area contributed by atoms with Gasteiger partial charge >= 0.3 is 6.09 Å². The molecule has 1 fully saturated rings.